The van der Waals surface area contributed by atoms with Gasteiger partial charge in [0.15, 0.2) is 0 Å². The minimum atomic E-state index is -0.394. The molecule has 0 aliphatic carbocycles. The topological polar surface area (TPSA) is 72.3 Å². The van der Waals surface area contributed by atoms with E-state index in [9.17, 15) is 4.79 Å². The molecular formula is C15H22BrN3O. The summed E-state index contributed by atoms with van der Waals surface area (Å²) in [4.78, 5) is 13.9. The van der Waals surface area contributed by atoms with Gasteiger partial charge in [-0.25, -0.2) is 0 Å². The minimum Gasteiger partial charge on any atom is -0.367 e. The van der Waals surface area contributed by atoms with Crippen LogP contribution in [0.4, 0.5) is 5.69 Å². The van der Waals surface area contributed by atoms with Crippen LogP contribution in [0.5, 0.6) is 0 Å². The Labute approximate surface area is 128 Å². The van der Waals surface area contributed by atoms with Crippen LogP contribution in [-0.4, -0.2) is 25.0 Å². The molecule has 2 unspecified atom stereocenters. The van der Waals surface area contributed by atoms with E-state index in [-0.39, 0.29) is 6.04 Å². The number of carbonyl (C=O) groups excluding carboxylic acids is 1. The van der Waals surface area contributed by atoms with Gasteiger partial charge in [0.1, 0.15) is 0 Å². The zero-order valence-corrected chi connectivity index (χ0v) is 13.4. The van der Waals surface area contributed by atoms with E-state index in [0.717, 1.165) is 35.5 Å². The fourth-order valence-electron chi connectivity index (χ4n) is 3.00. The quantitative estimate of drug-likeness (QED) is 0.885. The smallest absolute Gasteiger partial charge is 0.250 e. The van der Waals surface area contributed by atoms with E-state index in [1.807, 2.05) is 12.1 Å². The van der Waals surface area contributed by atoms with Crippen molar-refractivity contribution < 1.29 is 4.79 Å². The molecule has 0 radical (unpaired) electrons. The maximum Gasteiger partial charge on any atom is 0.250 e. The lowest BCUT2D eigenvalue weighted by atomic mass is 9.88. The molecule has 20 heavy (non-hydrogen) atoms. The Morgan fingerprint density at radius 3 is 2.85 bits per heavy atom. The molecule has 5 heteroatoms. The maximum absolute atomic E-state index is 11.7. The summed E-state index contributed by atoms with van der Waals surface area (Å²) in [6.45, 7) is 3.76. The Balaban J connectivity index is 2.33. The first-order valence-electron chi connectivity index (χ1n) is 7.12. The number of anilines is 1. The van der Waals surface area contributed by atoms with Gasteiger partial charge in [-0.2, -0.15) is 0 Å². The van der Waals surface area contributed by atoms with Gasteiger partial charge in [0.25, 0.3) is 5.91 Å². The van der Waals surface area contributed by atoms with Crippen molar-refractivity contribution in [3.63, 3.8) is 0 Å². The van der Waals surface area contributed by atoms with Gasteiger partial charge in [-0.3, -0.25) is 4.79 Å². The van der Waals surface area contributed by atoms with Gasteiger partial charge in [0, 0.05) is 29.3 Å². The van der Waals surface area contributed by atoms with Crippen molar-refractivity contribution in [3.8, 4) is 0 Å². The third-order valence-electron chi connectivity index (χ3n) is 4.21. The van der Waals surface area contributed by atoms with Crippen LogP contribution >= 0.6 is 15.9 Å². The normalized spacial score (nSPS) is 22.9. The highest BCUT2D eigenvalue weighted by Gasteiger charge is 2.28. The molecule has 1 heterocycles. The molecule has 0 aromatic heterocycles. The minimum absolute atomic E-state index is 0.285. The number of carbonyl (C=O) groups is 1. The summed E-state index contributed by atoms with van der Waals surface area (Å²) in [7, 11) is 0. The summed E-state index contributed by atoms with van der Waals surface area (Å²) in [5, 5.41) is 0. The standard InChI is InChI=1S/C15H22BrN3O/c1-2-10-5-6-19(12(7-10)9-17)14-4-3-11(16)8-13(14)15(18)20/h3-4,8,10,12H,2,5-7,9,17H2,1H3,(H2,18,20). The molecule has 1 amide bonds. The van der Waals surface area contributed by atoms with Crippen LogP contribution < -0.4 is 16.4 Å². The summed E-state index contributed by atoms with van der Waals surface area (Å²) >= 11 is 3.39. The molecule has 0 bridgehead atoms. The lowest BCUT2D eigenvalue weighted by molar-refractivity contribution is 0.100. The van der Waals surface area contributed by atoms with E-state index in [1.165, 1.54) is 6.42 Å². The Kier molecular flexibility index (Phi) is 5.05. The van der Waals surface area contributed by atoms with E-state index in [1.54, 1.807) is 6.07 Å². The number of hydrogen-bond donors (Lipinski definition) is 2. The number of nitrogens with two attached hydrogens (primary N) is 2. The molecule has 2 rings (SSSR count). The molecule has 4 N–H and O–H groups in total. The molecule has 0 spiro atoms. The van der Waals surface area contributed by atoms with Gasteiger partial charge >= 0.3 is 0 Å². The number of halogens is 1. The molecule has 1 aromatic rings. The molecule has 4 nitrogen and oxygen atoms in total. The van der Waals surface area contributed by atoms with Gasteiger partial charge in [-0.05, 0) is 37.0 Å². The van der Waals surface area contributed by atoms with Gasteiger partial charge in [0.05, 0.1) is 5.56 Å². The highest BCUT2D eigenvalue weighted by Crippen LogP contribution is 2.32. The van der Waals surface area contributed by atoms with Crippen LogP contribution in [0.2, 0.25) is 0 Å². The fourth-order valence-corrected chi connectivity index (χ4v) is 3.36. The second-order valence-corrected chi connectivity index (χ2v) is 6.32. The lowest BCUT2D eigenvalue weighted by Crippen LogP contribution is -2.47. The van der Waals surface area contributed by atoms with Gasteiger partial charge < -0.3 is 16.4 Å². The van der Waals surface area contributed by atoms with Crippen molar-refractivity contribution >= 4 is 27.5 Å². The summed E-state index contributed by atoms with van der Waals surface area (Å²) in [6.07, 6.45) is 3.41. The van der Waals surface area contributed by atoms with Crippen molar-refractivity contribution in [1.82, 2.24) is 0 Å². The second kappa shape index (κ2) is 6.59. The van der Waals surface area contributed by atoms with Crippen molar-refractivity contribution in [2.45, 2.75) is 32.2 Å². The fraction of sp³-hybridized carbons (Fsp3) is 0.533. The van der Waals surface area contributed by atoms with E-state index in [4.69, 9.17) is 11.5 Å². The summed E-state index contributed by atoms with van der Waals surface area (Å²) in [6, 6.07) is 5.98. The monoisotopic (exact) mass is 339 g/mol. The summed E-state index contributed by atoms with van der Waals surface area (Å²) in [5.41, 5.74) is 12.9. The summed E-state index contributed by atoms with van der Waals surface area (Å²) in [5.74, 6) is 0.335. The van der Waals surface area contributed by atoms with Crippen LogP contribution in [0.3, 0.4) is 0 Å². The highest BCUT2D eigenvalue weighted by molar-refractivity contribution is 9.10. The SMILES string of the molecule is CCC1CCN(c2ccc(Br)cc2C(N)=O)C(CN)C1. The predicted octanol–water partition coefficient (Wildman–Crippen LogP) is 2.50. The van der Waals surface area contributed by atoms with Gasteiger partial charge in [0.2, 0.25) is 0 Å². The molecule has 0 saturated carbocycles. The number of amides is 1. The third kappa shape index (κ3) is 3.15. The van der Waals surface area contributed by atoms with Crippen LogP contribution in [0, 0.1) is 5.92 Å². The Hall–Kier alpha value is -1.07. The molecule has 1 aromatic carbocycles. The third-order valence-corrected chi connectivity index (χ3v) is 4.70. The molecule has 2 atom stereocenters. The highest BCUT2D eigenvalue weighted by atomic mass is 79.9. The zero-order valence-electron chi connectivity index (χ0n) is 11.8. The van der Waals surface area contributed by atoms with Gasteiger partial charge in [-0.15, -0.1) is 0 Å². The van der Waals surface area contributed by atoms with Crippen molar-refractivity contribution in [2.24, 2.45) is 17.4 Å². The van der Waals surface area contributed by atoms with E-state index in [0.29, 0.717) is 12.1 Å². The van der Waals surface area contributed by atoms with Crippen molar-refractivity contribution in [2.75, 3.05) is 18.0 Å². The van der Waals surface area contributed by atoms with Crippen molar-refractivity contribution in [1.29, 1.82) is 0 Å². The van der Waals surface area contributed by atoms with Crippen molar-refractivity contribution in [3.05, 3.63) is 28.2 Å². The molecule has 1 aliphatic rings. The Morgan fingerprint density at radius 2 is 2.25 bits per heavy atom. The number of primary amides is 1. The second-order valence-electron chi connectivity index (χ2n) is 5.41. The predicted molar refractivity (Wildman–Crippen MR) is 85.9 cm³/mol. The first kappa shape index (κ1) is 15.3. The molecule has 110 valence electrons. The van der Waals surface area contributed by atoms with Crippen LogP contribution in [-0.2, 0) is 0 Å². The lowest BCUT2D eigenvalue weighted by Gasteiger charge is -2.41. The van der Waals surface area contributed by atoms with Crippen LogP contribution in [0.1, 0.15) is 36.5 Å². The number of benzene rings is 1. The van der Waals surface area contributed by atoms with E-state index in [2.05, 4.69) is 27.8 Å². The Bertz CT molecular complexity index is 492. The zero-order chi connectivity index (χ0) is 14.7. The average molecular weight is 340 g/mol. The number of piperidine rings is 1. The Morgan fingerprint density at radius 1 is 1.50 bits per heavy atom. The largest absolute Gasteiger partial charge is 0.367 e. The number of rotatable bonds is 4. The van der Waals surface area contributed by atoms with Crippen LogP contribution in [0.25, 0.3) is 0 Å². The first-order chi connectivity index (χ1) is 9.56. The molecule has 1 saturated heterocycles. The number of hydrogen-bond acceptors (Lipinski definition) is 3. The summed E-state index contributed by atoms with van der Waals surface area (Å²) < 4.78 is 0.864. The maximum atomic E-state index is 11.7. The van der Waals surface area contributed by atoms with E-state index >= 15 is 0 Å². The van der Waals surface area contributed by atoms with E-state index < -0.39 is 5.91 Å². The molecule has 1 fully saturated rings. The molecule has 1 aliphatic heterocycles. The molecular weight excluding hydrogens is 318 g/mol. The van der Waals surface area contributed by atoms with Crippen LogP contribution in [0.15, 0.2) is 22.7 Å². The first-order valence-corrected chi connectivity index (χ1v) is 7.92. The average Bonchev–Trinajstić information content (AvgIpc) is 2.46. The number of nitrogens with zero attached hydrogens (tertiary/aromatic N) is 1. The van der Waals surface area contributed by atoms with Gasteiger partial charge in [-0.1, -0.05) is 29.3 Å².